The quantitative estimate of drug-likeness (QED) is 0.626. The molecular formula is C15H17NO2. The van der Waals surface area contributed by atoms with Gasteiger partial charge in [-0.1, -0.05) is 42.5 Å². The Morgan fingerprint density at radius 1 is 1.11 bits per heavy atom. The molecule has 0 unspecified atom stereocenters. The molecule has 0 radical (unpaired) electrons. The summed E-state index contributed by atoms with van der Waals surface area (Å²) in [5.74, 6) is 0.297. The highest BCUT2D eigenvalue weighted by Crippen LogP contribution is 2.17. The van der Waals surface area contributed by atoms with Crippen molar-refractivity contribution in [2.24, 2.45) is 0 Å². The van der Waals surface area contributed by atoms with E-state index < -0.39 is 0 Å². The number of hydroxylamine groups is 1. The van der Waals surface area contributed by atoms with Crippen LogP contribution < -0.4 is 5.48 Å². The largest absolute Gasteiger partial charge is 0.508 e. The van der Waals surface area contributed by atoms with Crippen LogP contribution in [-0.2, 0) is 18.0 Å². The third kappa shape index (κ3) is 3.58. The lowest BCUT2D eigenvalue weighted by Gasteiger charge is -2.08. The van der Waals surface area contributed by atoms with Gasteiger partial charge in [-0.05, 0) is 24.1 Å². The van der Waals surface area contributed by atoms with Crippen LogP contribution in [0.3, 0.4) is 0 Å². The number of hydrogen-bond donors (Lipinski definition) is 2. The summed E-state index contributed by atoms with van der Waals surface area (Å²) in [6.07, 6.45) is 0. The first-order valence-electron chi connectivity index (χ1n) is 5.93. The second kappa shape index (κ2) is 6.19. The van der Waals surface area contributed by atoms with Gasteiger partial charge in [0, 0.05) is 12.1 Å². The van der Waals surface area contributed by atoms with Crippen molar-refractivity contribution in [1.82, 2.24) is 5.48 Å². The van der Waals surface area contributed by atoms with Gasteiger partial charge >= 0.3 is 0 Å². The van der Waals surface area contributed by atoms with E-state index in [1.54, 1.807) is 6.07 Å². The zero-order chi connectivity index (χ0) is 12.8. The Hall–Kier alpha value is -1.84. The number of hydrogen-bond acceptors (Lipinski definition) is 3. The Morgan fingerprint density at radius 3 is 2.61 bits per heavy atom. The number of nitrogens with one attached hydrogen (secondary N) is 1. The van der Waals surface area contributed by atoms with Gasteiger partial charge in [0.2, 0.25) is 0 Å². The van der Waals surface area contributed by atoms with E-state index in [9.17, 15) is 5.11 Å². The Balaban J connectivity index is 1.79. The smallest absolute Gasteiger partial charge is 0.120 e. The lowest BCUT2D eigenvalue weighted by molar-refractivity contribution is 0.0231. The molecule has 0 aliphatic rings. The first-order chi connectivity index (χ1) is 8.75. The van der Waals surface area contributed by atoms with E-state index in [1.807, 2.05) is 49.4 Å². The van der Waals surface area contributed by atoms with Crippen LogP contribution in [0.1, 0.15) is 16.7 Å². The summed E-state index contributed by atoms with van der Waals surface area (Å²) in [4.78, 5) is 5.35. The molecule has 0 aliphatic heterocycles. The predicted molar refractivity (Wildman–Crippen MR) is 70.9 cm³/mol. The molecular weight excluding hydrogens is 226 g/mol. The Morgan fingerprint density at radius 2 is 1.89 bits per heavy atom. The van der Waals surface area contributed by atoms with E-state index in [0.717, 1.165) is 16.7 Å². The van der Waals surface area contributed by atoms with E-state index in [1.165, 1.54) is 0 Å². The molecule has 2 aromatic carbocycles. The number of aromatic hydroxyl groups is 1. The molecule has 0 spiro atoms. The number of benzene rings is 2. The summed E-state index contributed by atoms with van der Waals surface area (Å²) in [5, 5.41) is 9.71. The second-order valence-electron chi connectivity index (χ2n) is 4.23. The molecule has 0 aliphatic carbocycles. The molecule has 3 nitrogen and oxygen atoms in total. The SMILES string of the molecule is Cc1ccc(CNOCc2ccccc2)c(O)c1. The van der Waals surface area contributed by atoms with Crippen LogP contribution in [0.25, 0.3) is 0 Å². The number of aryl methyl sites for hydroxylation is 1. The maximum Gasteiger partial charge on any atom is 0.120 e. The third-order valence-electron chi connectivity index (χ3n) is 2.69. The van der Waals surface area contributed by atoms with Gasteiger partial charge in [0.05, 0.1) is 6.61 Å². The van der Waals surface area contributed by atoms with Gasteiger partial charge in [0.25, 0.3) is 0 Å². The van der Waals surface area contributed by atoms with E-state index in [-0.39, 0.29) is 0 Å². The topological polar surface area (TPSA) is 41.5 Å². The molecule has 2 N–H and O–H groups in total. The van der Waals surface area contributed by atoms with Crippen molar-refractivity contribution in [1.29, 1.82) is 0 Å². The summed E-state index contributed by atoms with van der Waals surface area (Å²) in [7, 11) is 0. The van der Waals surface area contributed by atoms with Crippen molar-refractivity contribution < 1.29 is 9.94 Å². The second-order valence-corrected chi connectivity index (χ2v) is 4.23. The van der Waals surface area contributed by atoms with Gasteiger partial charge in [0.15, 0.2) is 0 Å². The summed E-state index contributed by atoms with van der Waals surface area (Å²) < 4.78 is 0. The minimum atomic E-state index is 0.297. The van der Waals surface area contributed by atoms with Gasteiger partial charge in [-0.15, -0.1) is 0 Å². The third-order valence-corrected chi connectivity index (χ3v) is 2.69. The van der Waals surface area contributed by atoms with Gasteiger partial charge < -0.3 is 5.11 Å². The van der Waals surface area contributed by atoms with Gasteiger partial charge in [-0.25, -0.2) is 0 Å². The van der Waals surface area contributed by atoms with E-state index in [4.69, 9.17) is 4.84 Å². The Kier molecular flexibility index (Phi) is 4.34. The molecule has 0 bridgehead atoms. The van der Waals surface area contributed by atoms with Crippen molar-refractivity contribution in [2.45, 2.75) is 20.1 Å². The molecule has 0 aromatic heterocycles. The number of phenolic OH excluding ortho intramolecular Hbond substituents is 1. The summed E-state index contributed by atoms with van der Waals surface area (Å²) in [6, 6.07) is 15.5. The molecule has 94 valence electrons. The zero-order valence-electron chi connectivity index (χ0n) is 10.4. The maximum absolute atomic E-state index is 9.71. The highest BCUT2D eigenvalue weighted by molar-refractivity contribution is 5.35. The van der Waals surface area contributed by atoms with E-state index >= 15 is 0 Å². The van der Waals surface area contributed by atoms with E-state index in [0.29, 0.717) is 18.9 Å². The van der Waals surface area contributed by atoms with Gasteiger partial charge in [0.1, 0.15) is 5.75 Å². The summed E-state index contributed by atoms with van der Waals surface area (Å²) >= 11 is 0. The molecule has 0 fully saturated rings. The fraction of sp³-hybridized carbons (Fsp3) is 0.200. The minimum absolute atomic E-state index is 0.297. The van der Waals surface area contributed by atoms with E-state index in [2.05, 4.69) is 5.48 Å². The van der Waals surface area contributed by atoms with Crippen LogP contribution in [0.4, 0.5) is 0 Å². The van der Waals surface area contributed by atoms with Crippen LogP contribution in [0, 0.1) is 6.92 Å². The Labute approximate surface area is 107 Å². The lowest BCUT2D eigenvalue weighted by atomic mass is 10.1. The molecule has 0 saturated heterocycles. The van der Waals surface area contributed by atoms with Gasteiger partial charge in [-0.3, -0.25) is 4.84 Å². The van der Waals surface area contributed by atoms with Crippen LogP contribution >= 0.6 is 0 Å². The molecule has 2 rings (SSSR count). The zero-order valence-corrected chi connectivity index (χ0v) is 10.4. The first kappa shape index (κ1) is 12.6. The molecule has 0 heterocycles. The molecule has 3 heteroatoms. The maximum atomic E-state index is 9.71. The van der Waals surface area contributed by atoms with Crippen molar-refractivity contribution in [2.75, 3.05) is 0 Å². The van der Waals surface area contributed by atoms with Crippen LogP contribution in [0.15, 0.2) is 48.5 Å². The molecule has 2 aromatic rings. The molecule has 0 atom stereocenters. The average Bonchev–Trinajstić information content (AvgIpc) is 2.38. The summed E-state index contributed by atoms with van der Waals surface area (Å²) in [5.41, 5.74) is 5.83. The highest BCUT2D eigenvalue weighted by atomic mass is 16.6. The van der Waals surface area contributed by atoms with Crippen LogP contribution in [-0.4, -0.2) is 5.11 Å². The molecule has 18 heavy (non-hydrogen) atoms. The number of phenols is 1. The minimum Gasteiger partial charge on any atom is -0.508 e. The lowest BCUT2D eigenvalue weighted by Crippen LogP contribution is -2.13. The fourth-order valence-corrected chi connectivity index (χ4v) is 1.66. The fourth-order valence-electron chi connectivity index (χ4n) is 1.66. The monoisotopic (exact) mass is 243 g/mol. The standard InChI is InChI=1S/C15H17NO2/c1-12-7-8-14(15(17)9-12)10-16-18-11-13-5-3-2-4-6-13/h2-9,16-17H,10-11H2,1H3. The number of rotatable bonds is 5. The highest BCUT2D eigenvalue weighted by Gasteiger charge is 2.00. The van der Waals surface area contributed by atoms with Gasteiger partial charge in [-0.2, -0.15) is 5.48 Å². The van der Waals surface area contributed by atoms with Crippen LogP contribution in [0.2, 0.25) is 0 Å². The normalized spacial score (nSPS) is 10.5. The molecule has 0 saturated carbocycles. The van der Waals surface area contributed by atoms with Crippen molar-refractivity contribution in [3.8, 4) is 5.75 Å². The molecule has 0 amide bonds. The van der Waals surface area contributed by atoms with Crippen molar-refractivity contribution >= 4 is 0 Å². The van der Waals surface area contributed by atoms with Crippen molar-refractivity contribution in [3.63, 3.8) is 0 Å². The predicted octanol–water partition coefficient (Wildman–Crippen LogP) is 2.92. The Bertz CT molecular complexity index is 497. The summed E-state index contributed by atoms with van der Waals surface area (Å²) in [6.45, 7) is 2.94. The average molecular weight is 243 g/mol. The van der Waals surface area contributed by atoms with Crippen LogP contribution in [0.5, 0.6) is 5.75 Å². The first-order valence-corrected chi connectivity index (χ1v) is 5.93. The van der Waals surface area contributed by atoms with Crippen molar-refractivity contribution in [3.05, 3.63) is 65.2 Å².